The molecule has 0 saturated heterocycles. The summed E-state index contributed by atoms with van der Waals surface area (Å²) >= 11 is 0. The van der Waals surface area contributed by atoms with Crippen LogP contribution in [-0.4, -0.2) is 0 Å². The van der Waals surface area contributed by atoms with E-state index in [-0.39, 0.29) is 28.9 Å². The third-order valence-electron chi connectivity index (χ3n) is 6.09. The molecule has 0 aliphatic heterocycles. The second-order valence-electron chi connectivity index (χ2n) is 8.68. The largest absolute Gasteiger partial charge is 2.00 e. The van der Waals surface area contributed by atoms with Gasteiger partial charge in [0.2, 0.25) is 0 Å². The first-order chi connectivity index (χ1) is 19.9. The molecule has 214 valence electrons. The zero-order chi connectivity index (χ0) is 27.8. The van der Waals surface area contributed by atoms with Crippen LogP contribution in [0.4, 0.5) is 0 Å². The summed E-state index contributed by atoms with van der Waals surface area (Å²) in [6.07, 6.45) is 0. The Hall–Kier alpha value is -3.04. The zero-order valence-electron chi connectivity index (χ0n) is 23.6. The molecule has 0 amide bonds. The topological polar surface area (TPSA) is 0 Å². The molecule has 0 aliphatic rings. The zero-order valence-corrected chi connectivity index (χ0v) is 27.1. The van der Waals surface area contributed by atoms with Crippen molar-refractivity contribution in [2.24, 2.45) is 0 Å². The Morgan fingerprint density at radius 3 is 0.524 bits per heavy atom. The average Bonchev–Trinajstić information content (AvgIpc) is 3.06. The van der Waals surface area contributed by atoms with E-state index in [1.54, 1.807) is 6.92 Å². The van der Waals surface area contributed by atoms with Crippen LogP contribution in [0.25, 0.3) is 0 Å². The maximum absolute atomic E-state index is 3.25. The number of rotatable bonds is 6. The molecule has 4 heteroatoms. The molecule has 0 nitrogen and oxygen atoms in total. The Balaban J connectivity index is 0.000000265. The Morgan fingerprint density at radius 2 is 0.405 bits per heavy atom. The quantitative estimate of drug-likeness (QED) is 0.139. The molecule has 6 aromatic carbocycles. The number of hydrogen-bond donors (Lipinski definition) is 0. The fourth-order valence-corrected chi connectivity index (χ4v) is 8.97. The van der Waals surface area contributed by atoms with Crippen LogP contribution >= 0.6 is 15.8 Å². The summed E-state index contributed by atoms with van der Waals surface area (Å²) in [6, 6.07) is 64.7. The standard InChI is InChI=1S/2C18H15P.C2H5.ClH.Ni/c2*1-4-10-16(11-5-1)19(17-12-6-2-7-13-17)18-14-8-3-9-15-18;1-2;;/h2*1-15H;1H2,2H3;1H;/q;;-1;;+2/p-1. The van der Waals surface area contributed by atoms with E-state index < -0.39 is 15.8 Å². The molecular weight excluding hydrogens is 613 g/mol. The van der Waals surface area contributed by atoms with Crippen molar-refractivity contribution >= 4 is 47.7 Å². The Morgan fingerprint density at radius 1 is 0.286 bits per heavy atom. The summed E-state index contributed by atoms with van der Waals surface area (Å²) in [5.41, 5.74) is 0. The molecular formula is C38H35ClNiP2. The number of hydrogen-bond acceptors (Lipinski definition) is 0. The van der Waals surface area contributed by atoms with Crippen molar-refractivity contribution in [1.82, 2.24) is 0 Å². The molecule has 0 spiro atoms. The van der Waals surface area contributed by atoms with Gasteiger partial charge in [0.15, 0.2) is 0 Å². The van der Waals surface area contributed by atoms with Gasteiger partial charge >= 0.3 is 16.5 Å². The van der Waals surface area contributed by atoms with Gasteiger partial charge < -0.3 is 19.3 Å². The van der Waals surface area contributed by atoms with Gasteiger partial charge in [-0.3, -0.25) is 0 Å². The van der Waals surface area contributed by atoms with E-state index in [1.165, 1.54) is 31.8 Å². The molecule has 0 heterocycles. The van der Waals surface area contributed by atoms with E-state index in [4.69, 9.17) is 0 Å². The van der Waals surface area contributed by atoms with E-state index in [2.05, 4.69) is 189 Å². The van der Waals surface area contributed by atoms with Gasteiger partial charge in [-0.05, 0) is 47.7 Å². The minimum atomic E-state index is -0.446. The molecule has 42 heavy (non-hydrogen) atoms. The second-order valence-corrected chi connectivity index (χ2v) is 13.1. The van der Waals surface area contributed by atoms with Gasteiger partial charge in [0.1, 0.15) is 0 Å². The van der Waals surface area contributed by atoms with E-state index in [1.807, 2.05) is 0 Å². The van der Waals surface area contributed by atoms with Crippen LogP contribution in [0.2, 0.25) is 0 Å². The van der Waals surface area contributed by atoms with Gasteiger partial charge in [0, 0.05) is 0 Å². The van der Waals surface area contributed by atoms with Gasteiger partial charge in [-0.2, -0.15) is 6.92 Å². The van der Waals surface area contributed by atoms with Crippen molar-refractivity contribution in [2.75, 3.05) is 0 Å². The summed E-state index contributed by atoms with van der Waals surface area (Å²) < 4.78 is 0. The second kappa shape index (κ2) is 20.0. The molecule has 0 unspecified atom stereocenters. The molecule has 0 aliphatic carbocycles. The van der Waals surface area contributed by atoms with Crippen molar-refractivity contribution in [2.45, 2.75) is 6.92 Å². The van der Waals surface area contributed by atoms with Crippen LogP contribution < -0.4 is 44.2 Å². The van der Waals surface area contributed by atoms with Crippen LogP contribution in [0.15, 0.2) is 182 Å². The van der Waals surface area contributed by atoms with E-state index in [0.717, 1.165) is 0 Å². The van der Waals surface area contributed by atoms with Crippen molar-refractivity contribution < 1.29 is 28.9 Å². The molecule has 0 aromatic heterocycles. The first-order valence-electron chi connectivity index (χ1n) is 13.5. The maximum atomic E-state index is 3.25. The number of halogens is 1. The summed E-state index contributed by atoms with van der Waals surface area (Å²) in [6.45, 7) is 5.00. The fraction of sp³-hybridized carbons (Fsp3) is 0.0263. The van der Waals surface area contributed by atoms with Crippen molar-refractivity contribution in [3.63, 3.8) is 0 Å². The van der Waals surface area contributed by atoms with Crippen LogP contribution in [-0.2, 0) is 16.5 Å². The molecule has 6 rings (SSSR count). The van der Waals surface area contributed by atoms with Crippen molar-refractivity contribution in [3.05, 3.63) is 189 Å². The predicted octanol–water partition coefficient (Wildman–Crippen LogP) is 4.73. The molecule has 0 atom stereocenters. The summed E-state index contributed by atoms with van der Waals surface area (Å²) in [4.78, 5) is 0. The first kappa shape index (κ1) is 35.2. The predicted molar refractivity (Wildman–Crippen MR) is 181 cm³/mol. The van der Waals surface area contributed by atoms with Gasteiger partial charge in [0.25, 0.3) is 0 Å². The Labute approximate surface area is 271 Å². The average molecular weight is 648 g/mol. The van der Waals surface area contributed by atoms with E-state index in [9.17, 15) is 0 Å². The van der Waals surface area contributed by atoms with E-state index >= 15 is 0 Å². The SMILES string of the molecule is [CH2-]C.[Cl-].[Ni+2].c1ccc(P(c2ccccc2)c2ccccc2)cc1.c1ccc(P(c2ccccc2)c2ccccc2)cc1. The summed E-state index contributed by atoms with van der Waals surface area (Å²) in [5.74, 6) is 0. The molecule has 0 bridgehead atoms. The van der Waals surface area contributed by atoms with Crippen LogP contribution in [0.1, 0.15) is 6.92 Å². The third-order valence-corrected chi connectivity index (χ3v) is 11.0. The first-order valence-corrected chi connectivity index (χ1v) is 16.2. The Kier molecular flexibility index (Phi) is 16.7. The van der Waals surface area contributed by atoms with Crippen LogP contribution in [0, 0.1) is 6.92 Å². The third kappa shape index (κ3) is 10.1. The summed E-state index contributed by atoms with van der Waals surface area (Å²) in [7, 11) is -0.892. The van der Waals surface area contributed by atoms with Crippen LogP contribution in [0.5, 0.6) is 0 Å². The maximum Gasteiger partial charge on any atom is 2.00 e. The molecule has 6 aromatic rings. The fourth-order valence-electron chi connectivity index (χ4n) is 4.36. The normalized spacial score (nSPS) is 9.71. The molecule has 0 fully saturated rings. The van der Waals surface area contributed by atoms with Crippen molar-refractivity contribution in [3.8, 4) is 0 Å². The van der Waals surface area contributed by atoms with Gasteiger partial charge in [-0.15, -0.1) is 0 Å². The van der Waals surface area contributed by atoms with Crippen molar-refractivity contribution in [1.29, 1.82) is 0 Å². The molecule has 0 saturated carbocycles. The van der Waals surface area contributed by atoms with Gasteiger partial charge in [0.05, 0.1) is 0 Å². The minimum absolute atomic E-state index is 0. The van der Waals surface area contributed by atoms with Gasteiger partial charge in [-0.1, -0.05) is 182 Å². The molecule has 0 radical (unpaired) electrons. The minimum Gasteiger partial charge on any atom is -1.00 e. The van der Waals surface area contributed by atoms with Gasteiger partial charge in [-0.25, -0.2) is 0 Å². The smallest absolute Gasteiger partial charge is 1.00 e. The monoisotopic (exact) mass is 646 g/mol. The Bertz CT molecular complexity index is 1180. The van der Waals surface area contributed by atoms with Crippen LogP contribution in [0.3, 0.4) is 0 Å². The van der Waals surface area contributed by atoms with E-state index in [0.29, 0.717) is 0 Å². The molecule has 0 N–H and O–H groups in total. The number of benzene rings is 6. The summed E-state index contributed by atoms with van der Waals surface area (Å²) in [5, 5.41) is 8.39.